The number of pyridine rings is 1. The van der Waals surface area contributed by atoms with E-state index in [1.165, 1.54) is 37.6 Å². The molecular formula is C19H24N2O4. The summed E-state index contributed by atoms with van der Waals surface area (Å²) >= 11 is 0. The van der Waals surface area contributed by atoms with Crippen molar-refractivity contribution in [3.63, 3.8) is 0 Å². The van der Waals surface area contributed by atoms with Gasteiger partial charge in [-0.05, 0) is 69.3 Å². The fourth-order valence-corrected chi connectivity index (χ4v) is 5.49. The lowest BCUT2D eigenvalue weighted by atomic mass is 9.53. The van der Waals surface area contributed by atoms with E-state index in [9.17, 15) is 14.8 Å². The Morgan fingerprint density at radius 1 is 1.20 bits per heavy atom. The monoisotopic (exact) mass is 344 g/mol. The molecule has 4 aliphatic carbocycles. The Balaban J connectivity index is 1.40. The van der Waals surface area contributed by atoms with Crippen molar-refractivity contribution in [3.8, 4) is 0 Å². The second-order valence-corrected chi connectivity index (χ2v) is 8.15. The van der Waals surface area contributed by atoms with Gasteiger partial charge >= 0.3 is 11.7 Å². The standard InChI is InChI=1S/C19H24N2O4/c1-12(25-18(23)16-4-2-3-5-21(16)24)17(22)20-19-9-13-6-14(10-19)8-15(7-13)11-19/h2-5,12-15H,6-11H2,1H3,(H,20,22)/t12-,13?,14?,15?,19?/m0/s1. The van der Waals surface area contributed by atoms with E-state index in [-0.39, 0.29) is 17.1 Å². The minimum atomic E-state index is -0.916. The maximum Gasteiger partial charge on any atom is 0.405 e. The van der Waals surface area contributed by atoms with Gasteiger partial charge in [0.15, 0.2) is 12.3 Å². The van der Waals surface area contributed by atoms with Crippen LogP contribution in [0, 0.1) is 23.0 Å². The topological polar surface area (TPSA) is 82.3 Å². The molecule has 4 bridgehead atoms. The molecule has 6 nitrogen and oxygen atoms in total. The minimum absolute atomic E-state index is 0.113. The van der Waals surface area contributed by atoms with E-state index in [1.54, 1.807) is 13.0 Å². The van der Waals surface area contributed by atoms with Crippen LogP contribution in [0.3, 0.4) is 0 Å². The molecule has 4 aliphatic rings. The Labute approximate surface area is 147 Å². The Morgan fingerprint density at radius 3 is 2.36 bits per heavy atom. The molecule has 1 amide bonds. The maximum atomic E-state index is 12.6. The number of ether oxygens (including phenoxy) is 1. The van der Waals surface area contributed by atoms with Crippen LogP contribution in [0.5, 0.6) is 0 Å². The lowest BCUT2D eigenvalue weighted by molar-refractivity contribution is -0.608. The molecule has 0 unspecified atom stereocenters. The van der Waals surface area contributed by atoms with E-state index in [1.807, 2.05) is 0 Å². The van der Waals surface area contributed by atoms with Crippen molar-refractivity contribution in [1.82, 2.24) is 5.32 Å². The van der Waals surface area contributed by atoms with Gasteiger partial charge in [-0.15, -0.1) is 0 Å². The zero-order valence-corrected chi connectivity index (χ0v) is 14.4. The first-order valence-corrected chi connectivity index (χ1v) is 9.15. The van der Waals surface area contributed by atoms with Crippen molar-refractivity contribution >= 4 is 11.9 Å². The highest BCUT2D eigenvalue weighted by molar-refractivity contribution is 5.89. The largest absolute Gasteiger partial charge is 0.618 e. The predicted molar refractivity (Wildman–Crippen MR) is 89.3 cm³/mol. The second-order valence-electron chi connectivity index (χ2n) is 8.15. The van der Waals surface area contributed by atoms with Gasteiger partial charge in [0.25, 0.3) is 5.91 Å². The second kappa shape index (κ2) is 6.00. The Kier molecular flexibility index (Phi) is 3.93. The van der Waals surface area contributed by atoms with Crippen LogP contribution in [0.1, 0.15) is 55.9 Å². The first-order chi connectivity index (χ1) is 11.9. The zero-order valence-electron chi connectivity index (χ0n) is 14.4. The van der Waals surface area contributed by atoms with Gasteiger partial charge in [0.2, 0.25) is 0 Å². The molecule has 134 valence electrons. The van der Waals surface area contributed by atoms with Crippen LogP contribution >= 0.6 is 0 Å². The van der Waals surface area contributed by atoms with Crippen LogP contribution in [0.15, 0.2) is 24.4 Å². The van der Waals surface area contributed by atoms with Gasteiger partial charge < -0.3 is 15.3 Å². The third-order valence-corrected chi connectivity index (χ3v) is 6.11. The maximum absolute atomic E-state index is 12.6. The van der Waals surface area contributed by atoms with Crippen LogP contribution in [0.25, 0.3) is 0 Å². The number of hydrogen-bond donors (Lipinski definition) is 1. The van der Waals surface area contributed by atoms with E-state index in [0.717, 1.165) is 37.0 Å². The van der Waals surface area contributed by atoms with Crippen molar-refractivity contribution in [2.45, 2.75) is 57.1 Å². The molecule has 6 heteroatoms. The molecule has 1 heterocycles. The van der Waals surface area contributed by atoms with Crippen LogP contribution in [-0.4, -0.2) is 23.5 Å². The minimum Gasteiger partial charge on any atom is -0.618 e. The molecule has 4 saturated carbocycles. The first-order valence-electron chi connectivity index (χ1n) is 9.15. The summed E-state index contributed by atoms with van der Waals surface area (Å²) in [5.74, 6) is 1.15. The Morgan fingerprint density at radius 2 is 1.80 bits per heavy atom. The molecule has 0 aromatic carbocycles. The quantitative estimate of drug-likeness (QED) is 0.514. The SMILES string of the molecule is C[C@H](OC(=O)c1cccc[n+]1[O-])C(=O)NC12CC3CC(CC(C3)C1)C2. The molecule has 1 aromatic heterocycles. The van der Waals surface area contributed by atoms with Gasteiger partial charge in [0.1, 0.15) is 0 Å². The molecule has 5 rings (SSSR count). The van der Waals surface area contributed by atoms with E-state index >= 15 is 0 Å². The number of aromatic nitrogens is 1. The highest BCUT2D eigenvalue weighted by atomic mass is 16.6. The van der Waals surface area contributed by atoms with E-state index < -0.39 is 12.1 Å². The summed E-state index contributed by atoms with van der Waals surface area (Å²) in [6.07, 6.45) is 7.36. The van der Waals surface area contributed by atoms with Gasteiger partial charge in [-0.1, -0.05) is 0 Å². The van der Waals surface area contributed by atoms with Crippen LogP contribution in [0.4, 0.5) is 0 Å². The summed E-state index contributed by atoms with van der Waals surface area (Å²) in [5.41, 5.74) is -0.227. The average Bonchev–Trinajstić information content (AvgIpc) is 2.53. The van der Waals surface area contributed by atoms with Crippen molar-refractivity contribution in [3.05, 3.63) is 35.3 Å². The van der Waals surface area contributed by atoms with Crippen molar-refractivity contribution in [2.75, 3.05) is 0 Å². The van der Waals surface area contributed by atoms with E-state index in [4.69, 9.17) is 4.74 Å². The highest BCUT2D eigenvalue weighted by Crippen LogP contribution is 2.55. The molecule has 0 saturated heterocycles. The number of carbonyl (C=O) groups is 2. The average molecular weight is 344 g/mol. The van der Waals surface area contributed by atoms with Gasteiger partial charge in [-0.3, -0.25) is 4.79 Å². The smallest absolute Gasteiger partial charge is 0.405 e. The van der Waals surface area contributed by atoms with Crippen molar-refractivity contribution in [2.24, 2.45) is 17.8 Å². The molecule has 0 spiro atoms. The summed E-state index contributed by atoms with van der Waals surface area (Å²) in [4.78, 5) is 24.7. The first kappa shape index (κ1) is 16.4. The van der Waals surface area contributed by atoms with E-state index in [2.05, 4.69) is 5.32 Å². The van der Waals surface area contributed by atoms with Gasteiger partial charge in [0.05, 0.1) is 0 Å². The molecule has 25 heavy (non-hydrogen) atoms. The summed E-state index contributed by atoms with van der Waals surface area (Å²) in [6.45, 7) is 1.56. The number of carbonyl (C=O) groups excluding carboxylic acids is 2. The predicted octanol–water partition coefficient (Wildman–Crippen LogP) is 1.95. The Bertz CT molecular complexity index is 667. The van der Waals surface area contributed by atoms with Crippen molar-refractivity contribution < 1.29 is 19.1 Å². The highest BCUT2D eigenvalue weighted by Gasteiger charge is 2.51. The lowest BCUT2D eigenvalue weighted by Crippen LogP contribution is -2.61. The molecule has 1 N–H and O–H groups in total. The van der Waals surface area contributed by atoms with Gasteiger partial charge in [0, 0.05) is 17.7 Å². The molecular weight excluding hydrogens is 320 g/mol. The molecule has 0 radical (unpaired) electrons. The fourth-order valence-electron chi connectivity index (χ4n) is 5.49. The van der Waals surface area contributed by atoms with Crippen LogP contribution < -0.4 is 10.0 Å². The number of hydrogen-bond acceptors (Lipinski definition) is 4. The zero-order chi connectivity index (χ0) is 17.6. The summed E-state index contributed by atoms with van der Waals surface area (Å²) in [6, 6.07) is 4.51. The van der Waals surface area contributed by atoms with E-state index in [0.29, 0.717) is 4.73 Å². The molecule has 1 atom stereocenters. The normalized spacial score (nSPS) is 33.7. The molecule has 0 aliphatic heterocycles. The summed E-state index contributed by atoms with van der Waals surface area (Å²) in [5, 5.41) is 14.8. The number of amides is 1. The van der Waals surface area contributed by atoms with Gasteiger partial charge in [-0.25, -0.2) is 4.79 Å². The van der Waals surface area contributed by atoms with Crippen LogP contribution in [-0.2, 0) is 9.53 Å². The third kappa shape index (κ3) is 3.10. The number of esters is 1. The molecule has 4 fully saturated rings. The number of nitrogens with zero attached hydrogens (tertiary/aromatic N) is 1. The number of rotatable bonds is 4. The lowest BCUT2D eigenvalue weighted by Gasteiger charge is -2.57. The van der Waals surface area contributed by atoms with Crippen molar-refractivity contribution in [1.29, 1.82) is 0 Å². The summed E-state index contributed by atoms with van der Waals surface area (Å²) < 4.78 is 5.67. The van der Waals surface area contributed by atoms with Crippen LogP contribution in [0.2, 0.25) is 0 Å². The fraction of sp³-hybridized carbons (Fsp3) is 0.632. The molecule has 1 aromatic rings. The van der Waals surface area contributed by atoms with Gasteiger partial charge in [-0.2, -0.15) is 4.73 Å². The summed E-state index contributed by atoms with van der Waals surface area (Å²) in [7, 11) is 0. The Hall–Kier alpha value is -2.11. The number of nitrogens with one attached hydrogen (secondary N) is 1. The third-order valence-electron chi connectivity index (χ3n) is 6.11.